The summed E-state index contributed by atoms with van der Waals surface area (Å²) in [6.45, 7) is 7.93. The molecule has 0 bridgehead atoms. The smallest absolute Gasteiger partial charge is 0.226 e. The first kappa shape index (κ1) is 14.1. The number of rotatable bonds is 5. The summed E-state index contributed by atoms with van der Waals surface area (Å²) in [6.07, 6.45) is 3.93. The number of hydrogen-bond donors (Lipinski definition) is 2. The molecule has 0 aromatic carbocycles. The van der Waals surface area contributed by atoms with Crippen LogP contribution in [0.4, 0.5) is 5.95 Å². The van der Waals surface area contributed by atoms with E-state index in [0.717, 1.165) is 18.8 Å². The fourth-order valence-corrected chi connectivity index (χ4v) is 2.23. The van der Waals surface area contributed by atoms with E-state index >= 15 is 0 Å². The molecule has 0 saturated carbocycles. The van der Waals surface area contributed by atoms with Crippen molar-refractivity contribution in [2.75, 3.05) is 18.4 Å². The van der Waals surface area contributed by atoms with E-state index in [1.807, 2.05) is 26.8 Å². The minimum atomic E-state index is 0.127. The largest absolute Gasteiger partial charge is 0.475 e. The van der Waals surface area contributed by atoms with Crippen molar-refractivity contribution in [3.8, 4) is 5.88 Å². The van der Waals surface area contributed by atoms with Gasteiger partial charge in [0.05, 0.1) is 6.10 Å². The Balaban J connectivity index is 1.93. The molecular weight excluding hydrogens is 240 g/mol. The summed E-state index contributed by atoms with van der Waals surface area (Å²) in [4.78, 5) is 8.78. The molecule has 1 aliphatic heterocycles. The van der Waals surface area contributed by atoms with Crippen molar-refractivity contribution in [3.63, 3.8) is 0 Å². The van der Waals surface area contributed by atoms with Crippen LogP contribution < -0.4 is 15.4 Å². The molecule has 1 aromatic rings. The summed E-state index contributed by atoms with van der Waals surface area (Å²) in [6, 6.07) is 2.39. The maximum atomic E-state index is 5.62. The molecule has 1 aliphatic rings. The zero-order valence-electron chi connectivity index (χ0n) is 12.1. The topological polar surface area (TPSA) is 59.1 Å². The highest BCUT2D eigenvalue weighted by Crippen LogP contribution is 2.14. The molecular formula is C14H24N4O. The average molecular weight is 264 g/mol. The Hall–Kier alpha value is -1.36. The molecule has 2 rings (SSSR count). The van der Waals surface area contributed by atoms with E-state index in [2.05, 4.69) is 20.6 Å². The highest BCUT2D eigenvalue weighted by molar-refractivity contribution is 5.30. The van der Waals surface area contributed by atoms with Gasteiger partial charge in [-0.15, -0.1) is 0 Å². The van der Waals surface area contributed by atoms with Gasteiger partial charge in [0.15, 0.2) is 0 Å². The Morgan fingerprint density at radius 1 is 1.42 bits per heavy atom. The van der Waals surface area contributed by atoms with Crippen LogP contribution in [0.1, 0.15) is 38.8 Å². The van der Waals surface area contributed by atoms with Crippen LogP contribution >= 0.6 is 0 Å². The van der Waals surface area contributed by atoms with Gasteiger partial charge < -0.3 is 15.4 Å². The minimum Gasteiger partial charge on any atom is -0.475 e. The van der Waals surface area contributed by atoms with Crippen LogP contribution in [0, 0.1) is 6.92 Å². The number of aryl methyl sites for hydroxylation is 1. The molecule has 0 spiro atoms. The fraction of sp³-hybridized carbons (Fsp3) is 0.714. The average Bonchev–Trinajstić information content (AvgIpc) is 2.36. The maximum Gasteiger partial charge on any atom is 0.226 e. The van der Waals surface area contributed by atoms with Crippen LogP contribution in [0.15, 0.2) is 6.07 Å². The SMILES string of the molecule is Cc1cc(OC(C)C)nc(NCC2CCCCN2)n1. The van der Waals surface area contributed by atoms with Crippen molar-refractivity contribution in [1.82, 2.24) is 15.3 Å². The lowest BCUT2D eigenvalue weighted by molar-refractivity contribution is 0.232. The van der Waals surface area contributed by atoms with E-state index in [4.69, 9.17) is 4.74 Å². The Morgan fingerprint density at radius 3 is 2.95 bits per heavy atom. The maximum absolute atomic E-state index is 5.62. The first-order valence-corrected chi connectivity index (χ1v) is 7.13. The standard InChI is InChI=1S/C14H24N4O/c1-10(2)19-13-8-11(3)17-14(18-13)16-9-12-6-4-5-7-15-12/h8,10,12,15H,4-7,9H2,1-3H3,(H,16,17,18). The Labute approximate surface area is 115 Å². The molecule has 1 unspecified atom stereocenters. The van der Waals surface area contributed by atoms with Gasteiger partial charge in [0, 0.05) is 24.3 Å². The number of aromatic nitrogens is 2. The predicted octanol–water partition coefficient (Wildman–Crippen LogP) is 2.13. The third-order valence-corrected chi connectivity index (χ3v) is 3.11. The van der Waals surface area contributed by atoms with E-state index in [1.54, 1.807) is 0 Å². The quantitative estimate of drug-likeness (QED) is 0.853. The molecule has 1 atom stereocenters. The van der Waals surface area contributed by atoms with Gasteiger partial charge in [0.2, 0.25) is 11.8 Å². The molecule has 5 nitrogen and oxygen atoms in total. The summed E-state index contributed by atoms with van der Waals surface area (Å²) in [5.74, 6) is 1.30. The van der Waals surface area contributed by atoms with Gasteiger partial charge in [0.1, 0.15) is 0 Å². The summed E-state index contributed by atoms with van der Waals surface area (Å²) in [7, 11) is 0. The number of nitrogens with zero attached hydrogens (tertiary/aromatic N) is 2. The third-order valence-electron chi connectivity index (χ3n) is 3.11. The van der Waals surface area contributed by atoms with E-state index in [9.17, 15) is 0 Å². The summed E-state index contributed by atoms with van der Waals surface area (Å²) in [5.41, 5.74) is 0.921. The Kier molecular flexibility index (Phi) is 4.96. The molecule has 1 fully saturated rings. The molecule has 106 valence electrons. The third kappa shape index (κ3) is 4.67. The summed E-state index contributed by atoms with van der Waals surface area (Å²) < 4.78 is 5.62. The van der Waals surface area contributed by atoms with E-state index in [-0.39, 0.29) is 6.10 Å². The molecule has 1 saturated heterocycles. The van der Waals surface area contributed by atoms with Gasteiger partial charge >= 0.3 is 0 Å². The molecule has 0 amide bonds. The normalized spacial score (nSPS) is 19.5. The molecule has 2 heterocycles. The van der Waals surface area contributed by atoms with Gasteiger partial charge in [-0.1, -0.05) is 6.42 Å². The Bertz CT molecular complexity index is 402. The second-order valence-electron chi connectivity index (χ2n) is 5.37. The predicted molar refractivity (Wildman–Crippen MR) is 76.7 cm³/mol. The number of nitrogens with one attached hydrogen (secondary N) is 2. The zero-order chi connectivity index (χ0) is 13.7. The number of piperidine rings is 1. The fourth-order valence-electron chi connectivity index (χ4n) is 2.23. The highest BCUT2D eigenvalue weighted by atomic mass is 16.5. The van der Waals surface area contributed by atoms with Crippen LogP contribution in [0.5, 0.6) is 5.88 Å². The zero-order valence-corrected chi connectivity index (χ0v) is 12.1. The van der Waals surface area contributed by atoms with Gasteiger partial charge in [-0.25, -0.2) is 4.98 Å². The van der Waals surface area contributed by atoms with Crippen molar-refractivity contribution in [3.05, 3.63) is 11.8 Å². The van der Waals surface area contributed by atoms with E-state index < -0.39 is 0 Å². The second kappa shape index (κ2) is 6.70. The molecule has 19 heavy (non-hydrogen) atoms. The molecule has 2 N–H and O–H groups in total. The van der Waals surface area contributed by atoms with Crippen LogP contribution in [-0.2, 0) is 0 Å². The van der Waals surface area contributed by atoms with Crippen molar-refractivity contribution < 1.29 is 4.74 Å². The number of anilines is 1. The van der Waals surface area contributed by atoms with Crippen molar-refractivity contribution >= 4 is 5.95 Å². The van der Waals surface area contributed by atoms with Gasteiger partial charge in [-0.05, 0) is 40.2 Å². The van der Waals surface area contributed by atoms with E-state index in [1.165, 1.54) is 19.3 Å². The first-order valence-electron chi connectivity index (χ1n) is 7.13. The second-order valence-corrected chi connectivity index (χ2v) is 5.37. The van der Waals surface area contributed by atoms with Crippen LogP contribution in [0.2, 0.25) is 0 Å². The van der Waals surface area contributed by atoms with Gasteiger partial charge in [-0.2, -0.15) is 4.98 Å². The van der Waals surface area contributed by atoms with Gasteiger partial charge in [-0.3, -0.25) is 0 Å². The first-order chi connectivity index (χ1) is 9.13. The molecule has 0 aliphatic carbocycles. The number of hydrogen-bond acceptors (Lipinski definition) is 5. The van der Waals surface area contributed by atoms with Crippen LogP contribution in [-0.4, -0.2) is 35.2 Å². The van der Waals surface area contributed by atoms with Crippen LogP contribution in [0.3, 0.4) is 0 Å². The molecule has 5 heteroatoms. The lowest BCUT2D eigenvalue weighted by Crippen LogP contribution is -2.39. The van der Waals surface area contributed by atoms with Crippen molar-refractivity contribution in [2.24, 2.45) is 0 Å². The lowest BCUT2D eigenvalue weighted by Gasteiger charge is -2.23. The number of ether oxygens (including phenoxy) is 1. The van der Waals surface area contributed by atoms with Crippen molar-refractivity contribution in [2.45, 2.75) is 52.2 Å². The molecule has 0 radical (unpaired) electrons. The van der Waals surface area contributed by atoms with Crippen molar-refractivity contribution in [1.29, 1.82) is 0 Å². The van der Waals surface area contributed by atoms with Crippen LogP contribution in [0.25, 0.3) is 0 Å². The lowest BCUT2D eigenvalue weighted by atomic mass is 10.1. The Morgan fingerprint density at radius 2 is 2.26 bits per heavy atom. The minimum absolute atomic E-state index is 0.127. The summed E-state index contributed by atoms with van der Waals surface area (Å²) >= 11 is 0. The monoisotopic (exact) mass is 264 g/mol. The molecule has 1 aromatic heterocycles. The van der Waals surface area contributed by atoms with Gasteiger partial charge in [0.25, 0.3) is 0 Å². The highest BCUT2D eigenvalue weighted by Gasteiger charge is 2.13. The van der Waals surface area contributed by atoms with E-state index in [0.29, 0.717) is 17.9 Å². The summed E-state index contributed by atoms with van der Waals surface area (Å²) in [5, 5.41) is 6.81.